The molecule has 2 N–H and O–H groups in total. The minimum Gasteiger partial charge on any atom is -0.326 e. The van der Waals surface area contributed by atoms with E-state index in [1.807, 2.05) is 6.92 Å². The van der Waals surface area contributed by atoms with E-state index in [1.165, 1.54) is 6.07 Å². The molecule has 7 heteroatoms. The molecule has 2 atom stereocenters. The van der Waals surface area contributed by atoms with Gasteiger partial charge in [0, 0.05) is 21.8 Å². The lowest BCUT2D eigenvalue weighted by Gasteiger charge is -2.13. The fraction of sp³-hybridized carbons (Fsp3) is 0.278. The van der Waals surface area contributed by atoms with Crippen LogP contribution in [0.15, 0.2) is 51.8 Å². The Bertz CT molecular complexity index is 910. The number of carbonyl (C=O) groups is 1. The third-order valence-corrected chi connectivity index (χ3v) is 6.34. The number of rotatable bonds is 5. The van der Waals surface area contributed by atoms with E-state index in [9.17, 15) is 13.2 Å². The molecule has 0 aliphatic heterocycles. The van der Waals surface area contributed by atoms with E-state index in [1.54, 1.807) is 43.3 Å². The zero-order valence-electron chi connectivity index (χ0n) is 13.9. The Morgan fingerprint density at radius 1 is 1.12 bits per heavy atom. The lowest BCUT2D eigenvalue weighted by atomic mass is 10.2. The molecule has 0 unspecified atom stereocenters. The zero-order valence-corrected chi connectivity index (χ0v) is 16.3. The SMILES string of the molecule is Cc1ccc(NC(=O)[C@H]2C[C@H]2C)cc1S(=O)(=O)Nc1ccc(Br)cc1. The molecule has 1 amide bonds. The number of nitrogens with one attached hydrogen (secondary N) is 2. The van der Waals surface area contributed by atoms with Crippen molar-refractivity contribution in [1.29, 1.82) is 0 Å². The highest BCUT2D eigenvalue weighted by Crippen LogP contribution is 2.38. The summed E-state index contributed by atoms with van der Waals surface area (Å²) < 4.78 is 28.8. The maximum Gasteiger partial charge on any atom is 0.262 e. The van der Waals surface area contributed by atoms with Gasteiger partial charge in [-0.15, -0.1) is 0 Å². The summed E-state index contributed by atoms with van der Waals surface area (Å²) in [5.74, 6) is 0.371. The maximum absolute atomic E-state index is 12.7. The Balaban J connectivity index is 1.83. The van der Waals surface area contributed by atoms with Crippen molar-refractivity contribution in [2.24, 2.45) is 11.8 Å². The van der Waals surface area contributed by atoms with Crippen molar-refractivity contribution >= 4 is 43.2 Å². The quantitative estimate of drug-likeness (QED) is 0.759. The molecule has 25 heavy (non-hydrogen) atoms. The molecule has 0 spiro atoms. The summed E-state index contributed by atoms with van der Waals surface area (Å²) in [6.45, 7) is 3.75. The molecule has 0 aromatic heterocycles. The van der Waals surface area contributed by atoms with Crippen LogP contribution in [0.5, 0.6) is 0 Å². The van der Waals surface area contributed by atoms with Gasteiger partial charge in [-0.05, 0) is 61.2 Å². The molecule has 5 nitrogen and oxygen atoms in total. The molecule has 0 bridgehead atoms. The molecule has 2 aromatic rings. The van der Waals surface area contributed by atoms with E-state index in [0.717, 1.165) is 10.9 Å². The van der Waals surface area contributed by atoms with E-state index in [-0.39, 0.29) is 16.7 Å². The van der Waals surface area contributed by atoms with Crippen LogP contribution in [0.25, 0.3) is 0 Å². The largest absolute Gasteiger partial charge is 0.326 e. The number of amides is 1. The summed E-state index contributed by atoms with van der Waals surface area (Å²) in [5.41, 5.74) is 1.58. The third-order valence-electron chi connectivity index (χ3n) is 4.29. The first-order valence-corrected chi connectivity index (χ1v) is 10.2. The second-order valence-corrected chi connectivity index (χ2v) is 8.97. The number of hydrogen-bond acceptors (Lipinski definition) is 3. The van der Waals surface area contributed by atoms with Gasteiger partial charge in [0.2, 0.25) is 5.91 Å². The van der Waals surface area contributed by atoms with Crippen LogP contribution in [0.1, 0.15) is 18.9 Å². The number of halogens is 1. The van der Waals surface area contributed by atoms with E-state index in [2.05, 4.69) is 26.0 Å². The van der Waals surface area contributed by atoms with Gasteiger partial charge in [-0.1, -0.05) is 28.9 Å². The van der Waals surface area contributed by atoms with Crippen LogP contribution in [0.2, 0.25) is 0 Å². The average molecular weight is 423 g/mol. The molecular weight excluding hydrogens is 404 g/mol. The molecule has 3 rings (SSSR count). The molecule has 1 aliphatic carbocycles. The van der Waals surface area contributed by atoms with E-state index in [4.69, 9.17) is 0 Å². The molecule has 2 aromatic carbocycles. The van der Waals surface area contributed by atoms with Crippen LogP contribution < -0.4 is 10.0 Å². The highest BCUT2D eigenvalue weighted by atomic mass is 79.9. The normalized spacial score (nSPS) is 19.3. The number of aryl methyl sites for hydroxylation is 1. The zero-order chi connectivity index (χ0) is 18.2. The first-order valence-electron chi connectivity index (χ1n) is 7.96. The average Bonchev–Trinajstić information content (AvgIpc) is 3.28. The monoisotopic (exact) mass is 422 g/mol. The van der Waals surface area contributed by atoms with Crippen LogP contribution in [-0.4, -0.2) is 14.3 Å². The van der Waals surface area contributed by atoms with Gasteiger partial charge in [0.05, 0.1) is 4.90 Å². The van der Waals surface area contributed by atoms with Gasteiger partial charge in [-0.2, -0.15) is 0 Å². The van der Waals surface area contributed by atoms with Crippen molar-refractivity contribution in [3.63, 3.8) is 0 Å². The van der Waals surface area contributed by atoms with E-state index < -0.39 is 10.0 Å². The van der Waals surface area contributed by atoms with Gasteiger partial charge in [0.25, 0.3) is 10.0 Å². The van der Waals surface area contributed by atoms with Crippen LogP contribution in [-0.2, 0) is 14.8 Å². The summed E-state index contributed by atoms with van der Waals surface area (Å²) in [5, 5.41) is 2.81. The van der Waals surface area contributed by atoms with E-state index >= 15 is 0 Å². The summed E-state index contributed by atoms with van der Waals surface area (Å²) in [7, 11) is -3.75. The number of sulfonamides is 1. The van der Waals surface area contributed by atoms with Gasteiger partial charge < -0.3 is 5.32 Å². The van der Waals surface area contributed by atoms with Gasteiger partial charge in [-0.3, -0.25) is 9.52 Å². The van der Waals surface area contributed by atoms with Crippen molar-refractivity contribution in [1.82, 2.24) is 0 Å². The third kappa shape index (κ3) is 4.22. The minimum atomic E-state index is -3.75. The van der Waals surface area contributed by atoms with Gasteiger partial charge in [0.15, 0.2) is 0 Å². The number of anilines is 2. The second kappa shape index (κ2) is 6.80. The predicted octanol–water partition coefficient (Wildman–Crippen LogP) is 4.15. The molecule has 0 heterocycles. The summed E-state index contributed by atoms with van der Waals surface area (Å²) in [4.78, 5) is 12.2. The topological polar surface area (TPSA) is 75.3 Å². The fourth-order valence-corrected chi connectivity index (χ4v) is 4.21. The summed E-state index contributed by atoms with van der Waals surface area (Å²) >= 11 is 3.32. The Morgan fingerprint density at radius 3 is 2.32 bits per heavy atom. The number of carbonyl (C=O) groups excluding carboxylic acids is 1. The standard InChI is InChI=1S/C18H19BrN2O3S/c1-11-3-6-15(20-18(22)16-9-12(16)2)10-17(11)25(23,24)21-14-7-4-13(19)5-8-14/h3-8,10,12,16,21H,9H2,1-2H3,(H,20,22)/t12-,16+/m1/s1. The van der Waals surface area contributed by atoms with Crippen molar-refractivity contribution < 1.29 is 13.2 Å². The van der Waals surface area contributed by atoms with Crippen LogP contribution in [0.4, 0.5) is 11.4 Å². The Morgan fingerprint density at radius 2 is 1.72 bits per heavy atom. The highest BCUT2D eigenvalue weighted by molar-refractivity contribution is 9.10. The molecule has 132 valence electrons. The second-order valence-electron chi connectivity index (χ2n) is 6.40. The lowest BCUT2D eigenvalue weighted by Crippen LogP contribution is -2.17. The smallest absolute Gasteiger partial charge is 0.262 e. The molecule has 0 radical (unpaired) electrons. The van der Waals surface area contributed by atoms with Crippen molar-refractivity contribution in [2.75, 3.05) is 10.0 Å². The highest BCUT2D eigenvalue weighted by Gasteiger charge is 2.39. The van der Waals surface area contributed by atoms with Crippen LogP contribution >= 0.6 is 15.9 Å². The van der Waals surface area contributed by atoms with Crippen molar-refractivity contribution in [3.05, 3.63) is 52.5 Å². The first kappa shape index (κ1) is 17.9. The summed E-state index contributed by atoms with van der Waals surface area (Å²) in [6.07, 6.45) is 0.883. The van der Waals surface area contributed by atoms with Crippen LogP contribution in [0, 0.1) is 18.8 Å². The fourth-order valence-electron chi connectivity index (χ4n) is 2.62. The van der Waals surface area contributed by atoms with Gasteiger partial charge in [0.1, 0.15) is 0 Å². The minimum absolute atomic E-state index is 0.0299. The lowest BCUT2D eigenvalue weighted by molar-refractivity contribution is -0.117. The van der Waals surface area contributed by atoms with Crippen molar-refractivity contribution in [3.8, 4) is 0 Å². The molecule has 1 saturated carbocycles. The Hall–Kier alpha value is -1.86. The van der Waals surface area contributed by atoms with Gasteiger partial charge >= 0.3 is 0 Å². The first-order chi connectivity index (χ1) is 11.8. The number of hydrogen-bond donors (Lipinski definition) is 2. The predicted molar refractivity (Wildman–Crippen MR) is 102 cm³/mol. The number of benzene rings is 2. The molecule has 1 fully saturated rings. The summed E-state index contributed by atoms with van der Waals surface area (Å²) in [6, 6.07) is 11.8. The molecule has 1 aliphatic rings. The van der Waals surface area contributed by atoms with Crippen molar-refractivity contribution in [2.45, 2.75) is 25.2 Å². The molecular formula is C18H19BrN2O3S. The van der Waals surface area contributed by atoms with Gasteiger partial charge in [-0.25, -0.2) is 8.42 Å². The van der Waals surface area contributed by atoms with Crippen LogP contribution in [0.3, 0.4) is 0 Å². The Kier molecular flexibility index (Phi) is 4.88. The molecule has 0 saturated heterocycles. The maximum atomic E-state index is 12.7. The Labute approximate surface area is 156 Å². The van der Waals surface area contributed by atoms with E-state index in [0.29, 0.717) is 22.9 Å².